The molecule has 212 valence electrons. The highest BCUT2D eigenvalue weighted by Gasteiger charge is 2.67. The van der Waals surface area contributed by atoms with Crippen molar-refractivity contribution in [3.8, 4) is 17.2 Å². The van der Waals surface area contributed by atoms with Gasteiger partial charge in [-0.05, 0) is 56.2 Å². The molecule has 0 radical (unpaired) electrons. The van der Waals surface area contributed by atoms with Crippen molar-refractivity contribution in [1.82, 2.24) is 9.80 Å². The highest BCUT2D eigenvalue weighted by molar-refractivity contribution is 5.92. The van der Waals surface area contributed by atoms with Crippen molar-refractivity contribution < 1.29 is 28.6 Å². The van der Waals surface area contributed by atoms with Gasteiger partial charge in [-0.1, -0.05) is 19.9 Å². The van der Waals surface area contributed by atoms with E-state index in [2.05, 4.69) is 25.3 Å². The molecular weight excluding hydrogens is 508 g/mol. The van der Waals surface area contributed by atoms with Gasteiger partial charge in [0, 0.05) is 60.3 Å². The average Bonchev–Trinajstić information content (AvgIpc) is 3.54. The van der Waals surface area contributed by atoms with E-state index in [0.29, 0.717) is 24.6 Å². The van der Waals surface area contributed by atoms with Gasteiger partial charge in [-0.2, -0.15) is 0 Å². The van der Waals surface area contributed by atoms with Crippen molar-refractivity contribution in [2.24, 2.45) is 11.8 Å². The molecule has 5 atom stereocenters. The molecule has 6 rings (SSSR count). The van der Waals surface area contributed by atoms with Crippen molar-refractivity contribution in [2.45, 2.75) is 70.1 Å². The number of aromatic hydroxyl groups is 1. The average molecular weight is 547 g/mol. The topological polar surface area (TPSA) is 92.5 Å². The highest BCUT2D eigenvalue weighted by Crippen LogP contribution is 2.65. The van der Waals surface area contributed by atoms with Crippen LogP contribution in [0, 0.1) is 11.8 Å². The van der Waals surface area contributed by atoms with Crippen molar-refractivity contribution >= 4 is 18.0 Å². The second-order valence-corrected chi connectivity index (χ2v) is 12.1. The first-order valence-corrected chi connectivity index (χ1v) is 14.3. The molecule has 1 aromatic carbocycles. The number of carbonyl (C=O) groups is 2. The maximum absolute atomic E-state index is 13.8. The van der Waals surface area contributed by atoms with Crippen LogP contribution in [0.1, 0.15) is 56.7 Å². The zero-order valence-corrected chi connectivity index (χ0v) is 23.5. The maximum Gasteiger partial charge on any atom is 0.308 e. The molecule has 1 aromatic heterocycles. The second kappa shape index (κ2) is 10.1. The Kier molecular flexibility index (Phi) is 6.77. The van der Waals surface area contributed by atoms with Crippen molar-refractivity contribution in [3.05, 3.63) is 60.1 Å². The van der Waals surface area contributed by atoms with Crippen LogP contribution >= 0.6 is 0 Å². The van der Waals surface area contributed by atoms with Crippen LogP contribution in [0.25, 0.3) is 6.08 Å². The van der Waals surface area contributed by atoms with Gasteiger partial charge < -0.3 is 23.9 Å². The molecule has 1 amide bonds. The molecule has 8 nitrogen and oxygen atoms in total. The van der Waals surface area contributed by atoms with E-state index in [1.54, 1.807) is 24.7 Å². The Morgan fingerprint density at radius 1 is 1.35 bits per heavy atom. The lowest BCUT2D eigenvalue weighted by atomic mass is 9.50. The third-order valence-corrected chi connectivity index (χ3v) is 9.32. The maximum atomic E-state index is 13.8. The molecule has 2 bridgehead atoms. The summed E-state index contributed by atoms with van der Waals surface area (Å²) in [5.74, 6) is 0.993. The van der Waals surface area contributed by atoms with Gasteiger partial charge in [0.05, 0.1) is 18.6 Å². The summed E-state index contributed by atoms with van der Waals surface area (Å²) in [6.45, 7) is 11.8. The van der Waals surface area contributed by atoms with Crippen LogP contribution in [0.3, 0.4) is 0 Å². The number of nitrogens with zero attached hydrogens (tertiary/aromatic N) is 2. The van der Waals surface area contributed by atoms with Crippen LogP contribution in [-0.4, -0.2) is 64.6 Å². The summed E-state index contributed by atoms with van der Waals surface area (Å²) in [6.07, 6.45) is 11.5. The molecule has 1 saturated heterocycles. The van der Waals surface area contributed by atoms with Gasteiger partial charge in [-0.15, -0.1) is 6.58 Å². The summed E-state index contributed by atoms with van der Waals surface area (Å²) >= 11 is 0. The summed E-state index contributed by atoms with van der Waals surface area (Å²) in [6, 6.07) is 3.41. The van der Waals surface area contributed by atoms with Gasteiger partial charge in [0.25, 0.3) is 0 Å². The SMILES string of the molecule is C=CCN1CC[C@]23c4c5c(O)cc(OC(C)=O)c4O[C@@H]2[C@H](N(CC(C)C)C(=O)C=Cc2ccoc2)CC[C@H]3[C@H]1C5. The molecule has 4 aliphatic rings. The van der Waals surface area contributed by atoms with Gasteiger partial charge in [-0.25, -0.2) is 0 Å². The Hall–Kier alpha value is -3.52. The fourth-order valence-corrected chi connectivity index (χ4v) is 8.01. The minimum absolute atomic E-state index is 0.0611. The van der Waals surface area contributed by atoms with Crippen LogP contribution in [0.4, 0.5) is 0 Å². The summed E-state index contributed by atoms with van der Waals surface area (Å²) in [7, 11) is 0. The summed E-state index contributed by atoms with van der Waals surface area (Å²) in [5.41, 5.74) is 2.32. The molecule has 8 heteroatoms. The molecule has 0 unspecified atom stereocenters. The molecule has 1 spiro atoms. The first-order valence-electron chi connectivity index (χ1n) is 14.3. The van der Waals surface area contributed by atoms with Crippen molar-refractivity contribution in [3.63, 3.8) is 0 Å². The van der Waals surface area contributed by atoms with Gasteiger partial charge in [0.2, 0.25) is 5.91 Å². The quantitative estimate of drug-likeness (QED) is 0.222. The summed E-state index contributed by atoms with van der Waals surface area (Å²) < 4.78 is 17.6. The molecule has 40 heavy (non-hydrogen) atoms. The number of hydrogen-bond acceptors (Lipinski definition) is 7. The first kappa shape index (κ1) is 26.7. The van der Waals surface area contributed by atoms with Gasteiger partial charge >= 0.3 is 5.97 Å². The number of phenols is 1. The molecular formula is C32H38N2O6. The molecule has 2 aromatic rings. The fraction of sp³-hybridized carbons (Fsp3) is 0.500. The van der Waals surface area contributed by atoms with E-state index in [4.69, 9.17) is 13.9 Å². The first-order chi connectivity index (χ1) is 19.2. The van der Waals surface area contributed by atoms with E-state index in [9.17, 15) is 14.7 Å². The zero-order chi connectivity index (χ0) is 28.2. The number of phenolic OH excluding ortho intramolecular Hbond substituents is 1. The van der Waals surface area contributed by atoms with Crippen LogP contribution in [0.15, 0.2) is 47.8 Å². The number of amides is 1. The van der Waals surface area contributed by atoms with Gasteiger partial charge in [0.1, 0.15) is 11.9 Å². The van der Waals surface area contributed by atoms with Crippen LogP contribution in [0.2, 0.25) is 0 Å². The Morgan fingerprint density at radius 2 is 2.17 bits per heavy atom. The Labute approximate surface area is 235 Å². The van der Waals surface area contributed by atoms with Crippen LogP contribution in [-0.2, 0) is 21.4 Å². The van der Waals surface area contributed by atoms with E-state index < -0.39 is 5.97 Å². The predicted octanol–water partition coefficient (Wildman–Crippen LogP) is 4.70. The second-order valence-electron chi connectivity index (χ2n) is 12.1. The molecule has 2 aliphatic carbocycles. The standard InChI is InChI=1S/C32H38N2O6/c1-5-12-33-13-11-32-23-7-8-24(34(17-19(2)3)28(37)9-6-21-10-14-38-18-21)31(32)40-30-27(39-20(4)35)16-26(36)22(29(30)32)15-25(23)33/h5-6,9-10,14,16,18-19,23-25,31,36H,1,7-8,11-13,15,17H2,2-4H3/t23-,24+,25+,31+,32-/m0/s1. The monoisotopic (exact) mass is 546 g/mol. The smallest absolute Gasteiger partial charge is 0.308 e. The number of piperidine rings is 1. The number of carbonyl (C=O) groups excluding carboxylic acids is 2. The van der Waals surface area contributed by atoms with E-state index in [0.717, 1.165) is 49.0 Å². The fourth-order valence-electron chi connectivity index (χ4n) is 8.01. The van der Waals surface area contributed by atoms with Crippen molar-refractivity contribution in [1.29, 1.82) is 0 Å². The van der Waals surface area contributed by atoms with Gasteiger partial charge in [0.15, 0.2) is 11.5 Å². The van der Waals surface area contributed by atoms with Crippen LogP contribution in [0.5, 0.6) is 17.2 Å². The number of esters is 1. The summed E-state index contributed by atoms with van der Waals surface area (Å²) in [5, 5.41) is 11.2. The number of rotatable bonds is 8. The van der Waals surface area contributed by atoms with Gasteiger partial charge in [-0.3, -0.25) is 14.5 Å². The van der Waals surface area contributed by atoms with E-state index in [-0.39, 0.29) is 46.9 Å². The number of ether oxygens (including phenoxy) is 2. The van der Waals surface area contributed by atoms with Crippen molar-refractivity contribution in [2.75, 3.05) is 19.6 Å². The number of benzene rings is 1. The minimum Gasteiger partial charge on any atom is -0.508 e. The number of furan rings is 1. The van der Waals surface area contributed by atoms with Crippen LogP contribution < -0.4 is 9.47 Å². The predicted molar refractivity (Wildman–Crippen MR) is 150 cm³/mol. The molecule has 2 fully saturated rings. The Bertz CT molecular complexity index is 1350. The third-order valence-electron chi connectivity index (χ3n) is 9.32. The normalized spacial score (nSPS) is 28.3. The highest BCUT2D eigenvalue weighted by atomic mass is 16.6. The van der Waals surface area contributed by atoms with E-state index >= 15 is 0 Å². The lowest BCUT2D eigenvalue weighted by molar-refractivity contribution is -0.138. The molecule has 2 aliphatic heterocycles. The Morgan fingerprint density at radius 3 is 2.88 bits per heavy atom. The third kappa shape index (κ3) is 4.15. The summed E-state index contributed by atoms with van der Waals surface area (Å²) in [4.78, 5) is 30.3. The van der Waals surface area contributed by atoms with E-state index in [1.165, 1.54) is 13.0 Å². The number of hydrogen-bond donors (Lipinski definition) is 1. The lowest BCUT2D eigenvalue weighted by Crippen LogP contribution is -2.69. The Balaban J connectivity index is 1.46. The minimum atomic E-state index is -0.463. The molecule has 3 heterocycles. The zero-order valence-electron chi connectivity index (χ0n) is 23.5. The molecule has 1 saturated carbocycles. The number of likely N-dealkylation sites (tertiary alicyclic amines) is 1. The molecule has 1 N–H and O–H groups in total. The van der Waals surface area contributed by atoms with E-state index in [1.807, 2.05) is 17.0 Å². The lowest BCUT2D eigenvalue weighted by Gasteiger charge is -2.60. The largest absolute Gasteiger partial charge is 0.508 e.